The molecule has 4 rings (SSSR count). The summed E-state index contributed by atoms with van der Waals surface area (Å²) in [6.45, 7) is 8.20. The summed E-state index contributed by atoms with van der Waals surface area (Å²) in [4.78, 5) is 17.4. The van der Waals surface area contributed by atoms with Crippen LogP contribution in [-0.4, -0.2) is 40.4 Å². The van der Waals surface area contributed by atoms with Crippen molar-refractivity contribution in [2.75, 3.05) is 24.5 Å². The number of benzene rings is 2. The van der Waals surface area contributed by atoms with E-state index in [9.17, 15) is 4.79 Å². The molecule has 0 amide bonds. The molecule has 1 aliphatic heterocycles. The number of H-pyrrole nitrogens is 1. The summed E-state index contributed by atoms with van der Waals surface area (Å²) < 4.78 is 1.56. The van der Waals surface area contributed by atoms with E-state index >= 15 is 0 Å². The van der Waals surface area contributed by atoms with E-state index in [0.717, 1.165) is 30.9 Å². The number of hydrogen-bond acceptors (Lipinski definition) is 3. The van der Waals surface area contributed by atoms with Gasteiger partial charge in [-0.1, -0.05) is 47.5 Å². The van der Waals surface area contributed by atoms with Crippen molar-refractivity contribution in [2.45, 2.75) is 33.0 Å². The fraction of sp³-hybridized carbons (Fsp3) is 0.348. The van der Waals surface area contributed by atoms with Gasteiger partial charge in [0.15, 0.2) is 0 Å². The number of halogens is 2. The van der Waals surface area contributed by atoms with E-state index in [1.165, 1.54) is 11.3 Å². The van der Waals surface area contributed by atoms with Crippen molar-refractivity contribution in [3.8, 4) is 0 Å². The van der Waals surface area contributed by atoms with Crippen LogP contribution >= 0.6 is 23.2 Å². The molecule has 1 aromatic heterocycles. The van der Waals surface area contributed by atoms with Gasteiger partial charge in [0.25, 0.3) is 5.56 Å². The van der Waals surface area contributed by atoms with Gasteiger partial charge in [-0.25, -0.2) is 4.68 Å². The zero-order valence-corrected chi connectivity index (χ0v) is 18.7. The highest BCUT2D eigenvalue weighted by Gasteiger charge is 2.25. The van der Waals surface area contributed by atoms with Crippen molar-refractivity contribution >= 4 is 28.9 Å². The monoisotopic (exact) mass is 444 g/mol. The summed E-state index contributed by atoms with van der Waals surface area (Å²) >= 11 is 12.3. The SMILES string of the molecule is Cc1cccc(N2CCN(Cc3[nH]n(Cc4ccc(Cl)cc4)c(=O)c3Cl)CC2C)c1. The Kier molecular flexibility index (Phi) is 6.23. The number of piperazine rings is 1. The molecule has 0 saturated carbocycles. The minimum atomic E-state index is -0.187. The van der Waals surface area contributed by atoms with Gasteiger partial charge in [0.2, 0.25) is 0 Å². The highest BCUT2D eigenvalue weighted by atomic mass is 35.5. The van der Waals surface area contributed by atoms with Crippen molar-refractivity contribution in [1.29, 1.82) is 0 Å². The van der Waals surface area contributed by atoms with Gasteiger partial charge in [0, 0.05) is 42.9 Å². The molecule has 3 aromatic rings. The molecule has 158 valence electrons. The maximum atomic E-state index is 12.6. The molecule has 1 atom stereocenters. The maximum absolute atomic E-state index is 12.6. The molecular formula is C23H26Cl2N4O. The second kappa shape index (κ2) is 8.88. The van der Waals surface area contributed by atoms with Gasteiger partial charge in [-0.2, -0.15) is 0 Å². The van der Waals surface area contributed by atoms with Gasteiger partial charge < -0.3 is 4.90 Å². The molecule has 2 heterocycles. The Bertz CT molecular complexity index is 1070. The molecule has 30 heavy (non-hydrogen) atoms. The summed E-state index contributed by atoms with van der Waals surface area (Å²) in [5.74, 6) is 0. The molecule has 0 radical (unpaired) electrons. The lowest BCUT2D eigenvalue weighted by molar-refractivity contribution is 0.218. The van der Waals surface area contributed by atoms with Crippen molar-refractivity contribution < 1.29 is 0 Å². The molecule has 0 aliphatic carbocycles. The summed E-state index contributed by atoms with van der Waals surface area (Å²) in [5.41, 5.74) is 4.11. The Labute approximate surface area is 186 Å². The number of aromatic nitrogens is 2. The quantitative estimate of drug-likeness (QED) is 0.627. The average Bonchev–Trinajstić information content (AvgIpc) is 2.97. The Morgan fingerprint density at radius 2 is 1.83 bits per heavy atom. The Hall–Kier alpha value is -2.21. The minimum Gasteiger partial charge on any atom is -0.366 e. The molecule has 0 bridgehead atoms. The molecule has 5 nitrogen and oxygen atoms in total. The lowest BCUT2D eigenvalue weighted by Gasteiger charge is -2.41. The largest absolute Gasteiger partial charge is 0.366 e. The van der Waals surface area contributed by atoms with Crippen LogP contribution in [0.2, 0.25) is 10.0 Å². The van der Waals surface area contributed by atoms with Crippen molar-refractivity contribution in [3.05, 3.63) is 85.8 Å². The number of aromatic amines is 1. The van der Waals surface area contributed by atoms with E-state index < -0.39 is 0 Å². The van der Waals surface area contributed by atoms with Crippen molar-refractivity contribution in [2.24, 2.45) is 0 Å². The second-order valence-corrected chi connectivity index (χ2v) is 8.85. The van der Waals surface area contributed by atoms with Crippen LogP contribution in [0.15, 0.2) is 53.3 Å². The summed E-state index contributed by atoms with van der Waals surface area (Å²) in [7, 11) is 0. The first-order chi connectivity index (χ1) is 14.4. The first-order valence-corrected chi connectivity index (χ1v) is 10.9. The first-order valence-electron chi connectivity index (χ1n) is 10.2. The lowest BCUT2D eigenvalue weighted by atomic mass is 10.1. The van der Waals surface area contributed by atoms with Crippen LogP contribution in [0.1, 0.15) is 23.7 Å². The van der Waals surface area contributed by atoms with Gasteiger partial charge in [0.05, 0.1) is 12.2 Å². The predicted molar refractivity (Wildman–Crippen MR) is 124 cm³/mol. The summed E-state index contributed by atoms with van der Waals surface area (Å²) in [6.07, 6.45) is 0. The van der Waals surface area contributed by atoms with Gasteiger partial charge in [0.1, 0.15) is 5.02 Å². The van der Waals surface area contributed by atoms with Gasteiger partial charge in [-0.15, -0.1) is 0 Å². The standard InChI is InChI=1S/C23H26Cl2N4O/c1-16-4-3-5-20(12-16)28-11-10-27(13-17(28)2)15-21-22(25)23(30)29(26-21)14-18-6-8-19(24)9-7-18/h3-9,12,17,26H,10-11,13-15H2,1-2H3. The number of nitrogens with one attached hydrogen (secondary N) is 1. The molecule has 7 heteroatoms. The number of hydrogen-bond donors (Lipinski definition) is 1. The fourth-order valence-corrected chi connectivity index (χ4v) is 4.42. The number of aryl methyl sites for hydroxylation is 1. The van der Waals surface area contributed by atoms with Crippen LogP contribution in [-0.2, 0) is 13.1 Å². The van der Waals surface area contributed by atoms with Crippen molar-refractivity contribution in [1.82, 2.24) is 14.7 Å². The van der Waals surface area contributed by atoms with Crippen molar-refractivity contribution in [3.63, 3.8) is 0 Å². The van der Waals surface area contributed by atoms with Crippen LogP contribution in [0.4, 0.5) is 5.69 Å². The topological polar surface area (TPSA) is 44.3 Å². The Morgan fingerprint density at radius 1 is 1.07 bits per heavy atom. The van der Waals surface area contributed by atoms with E-state index in [2.05, 4.69) is 53.0 Å². The molecule has 1 unspecified atom stereocenters. The average molecular weight is 445 g/mol. The molecule has 2 aromatic carbocycles. The number of nitrogens with zero attached hydrogens (tertiary/aromatic N) is 3. The van der Waals surface area contributed by atoms with Crippen LogP contribution in [0.3, 0.4) is 0 Å². The Balaban J connectivity index is 1.43. The van der Waals surface area contributed by atoms with E-state index in [-0.39, 0.29) is 10.6 Å². The van der Waals surface area contributed by atoms with E-state index in [0.29, 0.717) is 24.2 Å². The second-order valence-electron chi connectivity index (χ2n) is 8.04. The molecule has 0 spiro atoms. The van der Waals surface area contributed by atoms with E-state index in [1.54, 1.807) is 4.68 Å². The highest BCUT2D eigenvalue weighted by molar-refractivity contribution is 6.31. The van der Waals surface area contributed by atoms with Crippen LogP contribution < -0.4 is 10.5 Å². The third kappa shape index (κ3) is 4.59. The van der Waals surface area contributed by atoms with Crippen LogP contribution in [0.25, 0.3) is 0 Å². The lowest BCUT2D eigenvalue weighted by Crippen LogP contribution is -2.51. The molecule has 1 aliphatic rings. The molecular weight excluding hydrogens is 419 g/mol. The third-order valence-electron chi connectivity index (χ3n) is 5.65. The number of anilines is 1. The zero-order valence-electron chi connectivity index (χ0n) is 17.2. The molecule has 1 N–H and O–H groups in total. The maximum Gasteiger partial charge on any atom is 0.285 e. The molecule has 1 fully saturated rings. The van der Waals surface area contributed by atoms with Gasteiger partial charge >= 0.3 is 0 Å². The van der Waals surface area contributed by atoms with Gasteiger partial charge in [-0.3, -0.25) is 14.8 Å². The third-order valence-corrected chi connectivity index (χ3v) is 6.29. The first kappa shape index (κ1) is 21.0. The predicted octanol–water partition coefficient (Wildman–Crippen LogP) is 4.55. The zero-order chi connectivity index (χ0) is 21.3. The van der Waals surface area contributed by atoms with Crippen LogP contribution in [0.5, 0.6) is 0 Å². The smallest absolute Gasteiger partial charge is 0.285 e. The minimum absolute atomic E-state index is 0.187. The highest BCUT2D eigenvalue weighted by Crippen LogP contribution is 2.23. The van der Waals surface area contributed by atoms with Gasteiger partial charge in [-0.05, 0) is 49.2 Å². The molecule has 1 saturated heterocycles. The van der Waals surface area contributed by atoms with E-state index in [4.69, 9.17) is 23.2 Å². The van der Waals surface area contributed by atoms with Crippen LogP contribution in [0, 0.1) is 6.92 Å². The number of rotatable bonds is 5. The normalized spacial score (nSPS) is 17.5. The summed E-state index contributed by atoms with van der Waals surface area (Å²) in [6, 6.07) is 16.5. The Morgan fingerprint density at radius 3 is 2.53 bits per heavy atom. The van der Waals surface area contributed by atoms with E-state index in [1.807, 2.05) is 24.3 Å². The fourth-order valence-electron chi connectivity index (χ4n) is 4.09. The summed E-state index contributed by atoms with van der Waals surface area (Å²) in [5, 5.41) is 4.16.